The van der Waals surface area contributed by atoms with Gasteiger partial charge >= 0.3 is 0 Å². The minimum atomic E-state index is 0.514. The predicted molar refractivity (Wildman–Crippen MR) is 84.8 cm³/mol. The Kier molecular flexibility index (Phi) is 2.96. The third-order valence-electron chi connectivity index (χ3n) is 4.20. The maximum atomic E-state index is 10.7. The lowest BCUT2D eigenvalue weighted by Crippen LogP contribution is -2.00. The minimum Gasteiger partial charge on any atom is -0.426 e. The van der Waals surface area contributed by atoms with Gasteiger partial charge in [0.1, 0.15) is 11.4 Å². The van der Waals surface area contributed by atoms with Crippen LogP contribution in [0.5, 0.6) is 0 Å². The van der Waals surface area contributed by atoms with Gasteiger partial charge in [-0.3, -0.25) is 4.98 Å². The van der Waals surface area contributed by atoms with E-state index in [9.17, 15) is 5.21 Å². The number of aryl methyl sites for hydroxylation is 3. The molecule has 1 aromatic carbocycles. The lowest BCUT2D eigenvalue weighted by Gasteiger charge is -2.09. The van der Waals surface area contributed by atoms with Crippen LogP contribution in [0.15, 0.2) is 42.6 Å². The molecule has 2 aromatic heterocycles. The maximum Gasteiger partial charge on any atom is 0.194 e. The molecule has 3 aromatic rings. The van der Waals surface area contributed by atoms with Crippen LogP contribution in [0.4, 0.5) is 0 Å². The first kappa shape index (κ1) is 13.1. The van der Waals surface area contributed by atoms with Gasteiger partial charge in [0, 0.05) is 11.8 Å². The van der Waals surface area contributed by atoms with E-state index in [1.54, 1.807) is 6.20 Å². The number of benzene rings is 1. The Hall–Kier alpha value is -2.62. The van der Waals surface area contributed by atoms with E-state index in [0.717, 1.165) is 36.2 Å². The second kappa shape index (κ2) is 4.98. The van der Waals surface area contributed by atoms with Gasteiger partial charge in [-0.1, -0.05) is 23.8 Å². The van der Waals surface area contributed by atoms with E-state index in [1.165, 1.54) is 15.9 Å². The van der Waals surface area contributed by atoms with E-state index in [4.69, 9.17) is 0 Å². The Bertz CT molecular complexity index is 837. The third kappa shape index (κ3) is 1.99. The van der Waals surface area contributed by atoms with Crippen LogP contribution in [-0.2, 0) is 12.8 Å². The van der Waals surface area contributed by atoms with Crippen molar-refractivity contribution in [1.29, 1.82) is 0 Å². The standard InChI is InChI=1S/C18H17N3O/c1-12-8-9-13-5-4-7-15-17(14(13)11-12)21(22)18(20-15)16-6-2-3-10-19-16/h2-3,6,8-11,22H,4-5,7H2,1H3. The zero-order valence-electron chi connectivity index (χ0n) is 12.5. The highest BCUT2D eigenvalue weighted by atomic mass is 16.5. The molecule has 0 radical (unpaired) electrons. The summed E-state index contributed by atoms with van der Waals surface area (Å²) >= 11 is 0. The smallest absolute Gasteiger partial charge is 0.194 e. The topological polar surface area (TPSA) is 50.9 Å². The van der Waals surface area contributed by atoms with Crippen molar-refractivity contribution in [3.8, 4) is 22.8 Å². The number of nitrogens with zero attached hydrogens (tertiary/aromatic N) is 3. The molecule has 0 fully saturated rings. The van der Waals surface area contributed by atoms with E-state index < -0.39 is 0 Å². The summed E-state index contributed by atoms with van der Waals surface area (Å²) in [5, 5.41) is 10.7. The molecule has 1 aliphatic carbocycles. The van der Waals surface area contributed by atoms with Gasteiger partial charge in [0.2, 0.25) is 0 Å². The van der Waals surface area contributed by atoms with Gasteiger partial charge in [-0.2, -0.15) is 4.73 Å². The number of aromatic nitrogens is 3. The largest absolute Gasteiger partial charge is 0.426 e. The van der Waals surface area contributed by atoms with Gasteiger partial charge in [-0.05, 0) is 49.9 Å². The zero-order chi connectivity index (χ0) is 15.1. The number of imidazole rings is 1. The molecule has 1 aliphatic rings. The van der Waals surface area contributed by atoms with Crippen molar-refractivity contribution in [2.75, 3.05) is 0 Å². The molecule has 4 nitrogen and oxygen atoms in total. The van der Waals surface area contributed by atoms with Crippen LogP contribution in [0.1, 0.15) is 23.2 Å². The predicted octanol–water partition coefficient (Wildman–Crippen LogP) is 3.65. The molecule has 0 aliphatic heterocycles. The minimum absolute atomic E-state index is 0.514. The molecule has 0 bridgehead atoms. The SMILES string of the molecule is Cc1ccc2c(c1)-c1c(nc(-c3ccccn3)n1O)CCC2. The van der Waals surface area contributed by atoms with Gasteiger partial charge < -0.3 is 5.21 Å². The highest BCUT2D eigenvalue weighted by molar-refractivity contribution is 5.71. The lowest BCUT2D eigenvalue weighted by molar-refractivity contribution is 0.195. The summed E-state index contributed by atoms with van der Waals surface area (Å²) in [5.74, 6) is 0.514. The molecule has 1 N–H and O–H groups in total. The van der Waals surface area contributed by atoms with Crippen LogP contribution in [0, 0.1) is 6.92 Å². The average molecular weight is 291 g/mol. The Labute approximate surface area is 129 Å². The summed E-state index contributed by atoms with van der Waals surface area (Å²) in [5.41, 5.74) is 6.00. The number of rotatable bonds is 1. The van der Waals surface area contributed by atoms with Crippen LogP contribution in [0.25, 0.3) is 22.8 Å². The quantitative estimate of drug-likeness (QED) is 0.696. The van der Waals surface area contributed by atoms with E-state index in [0.29, 0.717) is 11.5 Å². The first-order chi connectivity index (χ1) is 10.7. The number of fused-ring (bicyclic) bond motifs is 3. The molecule has 2 heterocycles. The molecule has 0 saturated carbocycles. The van der Waals surface area contributed by atoms with E-state index in [1.807, 2.05) is 18.2 Å². The van der Waals surface area contributed by atoms with E-state index in [2.05, 4.69) is 35.1 Å². The highest BCUT2D eigenvalue weighted by Crippen LogP contribution is 2.35. The molecule has 0 unspecified atom stereocenters. The van der Waals surface area contributed by atoms with Crippen molar-refractivity contribution in [3.63, 3.8) is 0 Å². The second-order valence-electron chi connectivity index (χ2n) is 5.77. The third-order valence-corrected chi connectivity index (χ3v) is 4.20. The summed E-state index contributed by atoms with van der Waals surface area (Å²) < 4.78 is 1.21. The van der Waals surface area contributed by atoms with Gasteiger partial charge in [0.05, 0.1) is 5.69 Å². The normalized spacial score (nSPS) is 13.3. The molecule has 0 atom stereocenters. The summed E-state index contributed by atoms with van der Waals surface area (Å²) in [6, 6.07) is 12.1. The fourth-order valence-corrected chi connectivity index (χ4v) is 3.14. The fraction of sp³-hybridized carbons (Fsp3) is 0.222. The monoisotopic (exact) mass is 291 g/mol. The van der Waals surface area contributed by atoms with Gasteiger partial charge in [0.15, 0.2) is 5.82 Å². The molecule has 0 spiro atoms. The van der Waals surface area contributed by atoms with Gasteiger partial charge in [0.25, 0.3) is 0 Å². The van der Waals surface area contributed by atoms with Crippen LogP contribution in [-0.4, -0.2) is 19.9 Å². The average Bonchev–Trinajstić information content (AvgIpc) is 2.75. The van der Waals surface area contributed by atoms with Gasteiger partial charge in [-0.25, -0.2) is 4.98 Å². The molecule has 22 heavy (non-hydrogen) atoms. The summed E-state index contributed by atoms with van der Waals surface area (Å²) in [6.45, 7) is 2.07. The highest BCUT2D eigenvalue weighted by Gasteiger charge is 2.24. The number of hydrogen-bond donors (Lipinski definition) is 1. The molecule has 4 rings (SSSR count). The summed E-state index contributed by atoms with van der Waals surface area (Å²) in [6.07, 6.45) is 4.65. The Balaban J connectivity index is 1.96. The second-order valence-corrected chi connectivity index (χ2v) is 5.77. The molecular weight excluding hydrogens is 274 g/mol. The van der Waals surface area contributed by atoms with E-state index >= 15 is 0 Å². The maximum absolute atomic E-state index is 10.7. The fourth-order valence-electron chi connectivity index (χ4n) is 3.14. The molecule has 0 amide bonds. The Morgan fingerprint density at radius 1 is 1.14 bits per heavy atom. The van der Waals surface area contributed by atoms with Crippen LogP contribution in [0.3, 0.4) is 0 Å². The Morgan fingerprint density at radius 2 is 2.05 bits per heavy atom. The van der Waals surface area contributed by atoms with Crippen molar-refractivity contribution in [2.45, 2.75) is 26.2 Å². The van der Waals surface area contributed by atoms with Crippen LogP contribution >= 0.6 is 0 Å². The van der Waals surface area contributed by atoms with Gasteiger partial charge in [-0.15, -0.1) is 0 Å². The van der Waals surface area contributed by atoms with Crippen molar-refractivity contribution in [2.24, 2.45) is 0 Å². The molecule has 0 saturated heterocycles. The first-order valence-corrected chi connectivity index (χ1v) is 7.56. The van der Waals surface area contributed by atoms with Crippen molar-refractivity contribution in [3.05, 3.63) is 59.4 Å². The molecule has 4 heteroatoms. The number of hydrogen-bond acceptors (Lipinski definition) is 3. The van der Waals surface area contributed by atoms with Crippen LogP contribution in [0.2, 0.25) is 0 Å². The van der Waals surface area contributed by atoms with E-state index in [-0.39, 0.29) is 0 Å². The van der Waals surface area contributed by atoms with Crippen LogP contribution < -0.4 is 0 Å². The summed E-state index contributed by atoms with van der Waals surface area (Å²) in [4.78, 5) is 8.97. The first-order valence-electron chi connectivity index (χ1n) is 7.56. The summed E-state index contributed by atoms with van der Waals surface area (Å²) in [7, 11) is 0. The van der Waals surface area contributed by atoms with Crippen molar-refractivity contribution in [1.82, 2.24) is 14.7 Å². The molecular formula is C18H17N3O. The molecule has 110 valence electrons. The Morgan fingerprint density at radius 3 is 2.86 bits per heavy atom. The number of pyridine rings is 1. The van der Waals surface area contributed by atoms with Crippen molar-refractivity contribution < 1.29 is 5.21 Å². The lowest BCUT2D eigenvalue weighted by atomic mass is 10.0. The van der Waals surface area contributed by atoms with Crippen molar-refractivity contribution >= 4 is 0 Å². The zero-order valence-corrected chi connectivity index (χ0v) is 12.5.